The molecule has 2 amide bonds. The number of rotatable bonds is 17. The third kappa shape index (κ3) is 13.2. The third-order valence-corrected chi connectivity index (χ3v) is 7.96. The van der Waals surface area contributed by atoms with Gasteiger partial charge in [0, 0.05) is 23.5 Å². The highest BCUT2D eigenvalue weighted by Gasteiger charge is 2.25. The van der Waals surface area contributed by atoms with Gasteiger partial charge < -0.3 is 24.8 Å². The Balaban J connectivity index is 1.40. The maximum Gasteiger partial charge on any atom is 0.407 e. The number of alkyl carbamates (subject to hydrolysis) is 1. The van der Waals surface area contributed by atoms with E-state index >= 15 is 0 Å². The normalized spacial score (nSPS) is 12.3. The quantitative estimate of drug-likeness (QED) is 0.0834. The molecule has 4 rings (SSSR count). The number of nitrogens with zero attached hydrogens (tertiary/aromatic N) is 2. The molecule has 10 heteroatoms. The van der Waals surface area contributed by atoms with E-state index in [1.54, 1.807) is 40.1 Å². The number of esters is 1. The first kappa shape index (κ1) is 38.6. The lowest BCUT2D eigenvalue weighted by atomic mass is 10.0. The van der Waals surface area contributed by atoms with Gasteiger partial charge in [0.1, 0.15) is 24.0 Å². The van der Waals surface area contributed by atoms with Crippen molar-refractivity contribution in [2.45, 2.75) is 97.4 Å². The fourth-order valence-electron chi connectivity index (χ4n) is 5.22. The molecule has 0 saturated heterocycles. The van der Waals surface area contributed by atoms with Gasteiger partial charge in [-0.3, -0.25) is 4.79 Å². The minimum Gasteiger partial charge on any atom is -0.494 e. The Bertz CT molecular complexity index is 1670. The van der Waals surface area contributed by atoms with Crippen LogP contribution in [0, 0.1) is 0 Å². The summed E-state index contributed by atoms with van der Waals surface area (Å²) in [5.41, 5.74) is 3.43. The molecule has 0 unspecified atom stereocenters. The van der Waals surface area contributed by atoms with Crippen LogP contribution in [-0.2, 0) is 25.7 Å². The van der Waals surface area contributed by atoms with Crippen LogP contribution in [0.25, 0.3) is 22.5 Å². The summed E-state index contributed by atoms with van der Waals surface area (Å²) in [6.45, 7) is 9.84. The zero-order chi connectivity index (χ0) is 36.6. The SMILES string of the molecule is CCCCCCCOc1ccc(-c2cnc(-c3ccc([C@H](CC(=O)N[C@H](C)C(=O)OC(C)(C)C)NC(=O)OCc4ccccc4)cc3)nc2)cc1. The van der Waals surface area contributed by atoms with Crippen molar-refractivity contribution < 1.29 is 28.6 Å². The molecule has 0 aliphatic heterocycles. The highest BCUT2D eigenvalue weighted by atomic mass is 16.6. The van der Waals surface area contributed by atoms with Gasteiger partial charge in [-0.15, -0.1) is 0 Å². The summed E-state index contributed by atoms with van der Waals surface area (Å²) >= 11 is 0. The highest BCUT2D eigenvalue weighted by molar-refractivity contribution is 5.85. The molecule has 0 bridgehead atoms. The summed E-state index contributed by atoms with van der Waals surface area (Å²) in [5, 5.41) is 5.48. The maximum absolute atomic E-state index is 13.1. The Kier molecular flexibility index (Phi) is 14.5. The van der Waals surface area contributed by atoms with Crippen molar-refractivity contribution in [3.63, 3.8) is 0 Å². The number of hydrogen-bond acceptors (Lipinski definition) is 8. The van der Waals surface area contributed by atoms with Crippen LogP contribution in [0.5, 0.6) is 5.75 Å². The van der Waals surface area contributed by atoms with Gasteiger partial charge in [-0.1, -0.05) is 99.3 Å². The van der Waals surface area contributed by atoms with Crippen LogP contribution in [0.1, 0.15) is 90.3 Å². The van der Waals surface area contributed by atoms with Crippen molar-refractivity contribution in [1.82, 2.24) is 20.6 Å². The number of nitrogens with one attached hydrogen (secondary N) is 2. The molecule has 0 fully saturated rings. The van der Waals surface area contributed by atoms with Gasteiger partial charge in [0.05, 0.1) is 19.1 Å². The first-order chi connectivity index (χ1) is 24.5. The first-order valence-corrected chi connectivity index (χ1v) is 17.7. The smallest absolute Gasteiger partial charge is 0.407 e. The molecule has 51 heavy (non-hydrogen) atoms. The van der Waals surface area contributed by atoms with Crippen LogP contribution in [0.3, 0.4) is 0 Å². The third-order valence-electron chi connectivity index (χ3n) is 7.96. The average molecular weight is 695 g/mol. The van der Waals surface area contributed by atoms with Gasteiger partial charge in [0.2, 0.25) is 5.91 Å². The fraction of sp³-hybridized carbons (Fsp3) is 0.390. The summed E-state index contributed by atoms with van der Waals surface area (Å²) in [6.07, 6.45) is 8.74. The van der Waals surface area contributed by atoms with Crippen LogP contribution >= 0.6 is 0 Å². The van der Waals surface area contributed by atoms with E-state index in [4.69, 9.17) is 14.2 Å². The van der Waals surface area contributed by atoms with Crippen LogP contribution in [0.4, 0.5) is 4.79 Å². The lowest BCUT2D eigenvalue weighted by molar-refractivity contribution is -0.158. The summed E-state index contributed by atoms with van der Waals surface area (Å²) < 4.78 is 16.7. The number of aromatic nitrogens is 2. The van der Waals surface area contributed by atoms with E-state index in [0.717, 1.165) is 41.0 Å². The number of ether oxygens (including phenoxy) is 3. The molecule has 2 N–H and O–H groups in total. The summed E-state index contributed by atoms with van der Waals surface area (Å²) in [4.78, 5) is 47.6. The van der Waals surface area contributed by atoms with Crippen molar-refractivity contribution >= 4 is 18.0 Å². The van der Waals surface area contributed by atoms with Gasteiger partial charge >= 0.3 is 12.1 Å². The minimum absolute atomic E-state index is 0.0741. The Morgan fingerprint density at radius 3 is 2.06 bits per heavy atom. The van der Waals surface area contributed by atoms with Crippen molar-refractivity contribution in [2.75, 3.05) is 6.61 Å². The molecule has 0 aliphatic carbocycles. The second kappa shape index (κ2) is 19.2. The molecule has 3 aromatic carbocycles. The number of amides is 2. The van der Waals surface area contributed by atoms with E-state index < -0.39 is 35.7 Å². The Hall–Kier alpha value is -5.25. The van der Waals surface area contributed by atoms with Crippen LogP contribution in [-0.4, -0.2) is 46.2 Å². The molecule has 1 aromatic heterocycles. The standard InChI is InChI=1S/C41H50N4O6/c1-6-7-8-9-13-24-49-35-22-20-31(21-23-35)34-26-42-38(43-27-34)33-18-16-32(17-19-33)36(45-40(48)50-28-30-14-11-10-12-15-30)25-37(46)44-29(2)39(47)51-41(3,4)5/h10-12,14-23,26-27,29,36H,6-9,13,24-25,28H2,1-5H3,(H,44,46)(H,45,48)/t29-,36+/m1/s1. The fourth-order valence-corrected chi connectivity index (χ4v) is 5.22. The number of carbonyl (C=O) groups excluding carboxylic acids is 3. The Morgan fingerprint density at radius 1 is 0.765 bits per heavy atom. The molecule has 2 atom stereocenters. The van der Waals surface area contributed by atoms with E-state index in [-0.39, 0.29) is 13.0 Å². The summed E-state index contributed by atoms with van der Waals surface area (Å²) in [6, 6.07) is 22.9. The van der Waals surface area contributed by atoms with Crippen molar-refractivity contribution in [1.29, 1.82) is 0 Å². The van der Waals surface area contributed by atoms with Crippen LogP contribution in [0.2, 0.25) is 0 Å². The van der Waals surface area contributed by atoms with E-state index in [9.17, 15) is 14.4 Å². The van der Waals surface area contributed by atoms with Gasteiger partial charge in [0.25, 0.3) is 0 Å². The van der Waals surface area contributed by atoms with Crippen molar-refractivity contribution in [2.24, 2.45) is 0 Å². The Morgan fingerprint density at radius 2 is 1.41 bits per heavy atom. The second-order valence-corrected chi connectivity index (χ2v) is 13.5. The lowest BCUT2D eigenvalue weighted by Gasteiger charge is -2.24. The molecular formula is C41H50N4O6. The second-order valence-electron chi connectivity index (χ2n) is 13.5. The topological polar surface area (TPSA) is 129 Å². The van der Waals surface area contributed by atoms with Crippen LogP contribution < -0.4 is 15.4 Å². The average Bonchev–Trinajstić information content (AvgIpc) is 3.12. The molecule has 0 aliphatic rings. The monoisotopic (exact) mass is 694 g/mol. The predicted molar refractivity (Wildman–Crippen MR) is 198 cm³/mol. The largest absolute Gasteiger partial charge is 0.494 e. The number of unbranched alkanes of at least 4 members (excludes halogenated alkanes) is 4. The predicted octanol–water partition coefficient (Wildman–Crippen LogP) is 8.36. The van der Waals surface area contributed by atoms with Gasteiger partial charge in [-0.05, 0) is 62.9 Å². The molecule has 0 radical (unpaired) electrons. The van der Waals surface area contributed by atoms with E-state index in [2.05, 4.69) is 27.5 Å². The van der Waals surface area contributed by atoms with Gasteiger partial charge in [0.15, 0.2) is 5.82 Å². The molecule has 0 saturated carbocycles. The maximum atomic E-state index is 13.1. The summed E-state index contributed by atoms with van der Waals surface area (Å²) in [5.74, 6) is 0.391. The molecule has 270 valence electrons. The zero-order valence-corrected chi connectivity index (χ0v) is 30.3. The number of carbonyl (C=O) groups is 3. The van der Waals surface area contributed by atoms with Crippen LogP contribution in [0.15, 0.2) is 91.3 Å². The molecule has 4 aromatic rings. The molecule has 0 spiro atoms. The molecule has 10 nitrogen and oxygen atoms in total. The Labute approximate surface area is 301 Å². The molecule has 1 heterocycles. The highest BCUT2D eigenvalue weighted by Crippen LogP contribution is 2.25. The lowest BCUT2D eigenvalue weighted by Crippen LogP contribution is -2.43. The molecular weight excluding hydrogens is 644 g/mol. The van der Waals surface area contributed by atoms with E-state index in [1.165, 1.54) is 25.7 Å². The van der Waals surface area contributed by atoms with Gasteiger partial charge in [-0.2, -0.15) is 0 Å². The number of hydrogen-bond donors (Lipinski definition) is 2. The first-order valence-electron chi connectivity index (χ1n) is 17.7. The van der Waals surface area contributed by atoms with E-state index in [1.807, 2.05) is 78.9 Å². The van der Waals surface area contributed by atoms with E-state index in [0.29, 0.717) is 11.4 Å². The minimum atomic E-state index is -0.874. The van der Waals surface area contributed by atoms with Crippen molar-refractivity contribution in [3.05, 3.63) is 102 Å². The van der Waals surface area contributed by atoms with Gasteiger partial charge in [-0.25, -0.2) is 19.6 Å². The van der Waals surface area contributed by atoms with Crippen molar-refractivity contribution in [3.8, 4) is 28.3 Å². The number of benzene rings is 3. The summed E-state index contributed by atoms with van der Waals surface area (Å²) in [7, 11) is 0. The zero-order valence-electron chi connectivity index (χ0n) is 30.3.